The lowest BCUT2D eigenvalue weighted by molar-refractivity contribution is -0.119. The largest absolute Gasteiger partial charge is 0.504 e. The van der Waals surface area contributed by atoms with Crippen molar-refractivity contribution < 1.29 is 23.1 Å². The maximum absolute atomic E-state index is 12.2. The van der Waals surface area contributed by atoms with Crippen molar-refractivity contribution in [2.24, 2.45) is 5.10 Å². The molecule has 1 amide bonds. The highest BCUT2D eigenvalue weighted by Gasteiger charge is 2.22. The van der Waals surface area contributed by atoms with Gasteiger partial charge >= 0.3 is 0 Å². The molecule has 0 aliphatic carbocycles. The molecule has 0 radical (unpaired) electrons. The maximum atomic E-state index is 12.2. The van der Waals surface area contributed by atoms with E-state index < -0.39 is 22.5 Å². The molecule has 0 unspecified atom stereocenters. The van der Waals surface area contributed by atoms with Gasteiger partial charge in [-0.25, -0.2) is 13.8 Å². The normalized spacial score (nSPS) is 11.4. The van der Waals surface area contributed by atoms with Crippen LogP contribution in [0.5, 0.6) is 11.5 Å². The van der Waals surface area contributed by atoms with Crippen LogP contribution in [-0.4, -0.2) is 45.1 Å². The summed E-state index contributed by atoms with van der Waals surface area (Å²) in [5.74, 6) is -0.329. The highest BCUT2D eigenvalue weighted by molar-refractivity contribution is 7.92. The quantitative estimate of drug-likeness (QED) is 0.485. The number of aryl methyl sites for hydroxylation is 1. The number of amides is 1. The van der Waals surface area contributed by atoms with Gasteiger partial charge in [-0.05, 0) is 61.4 Å². The van der Waals surface area contributed by atoms with Crippen molar-refractivity contribution >= 4 is 39.4 Å². The van der Waals surface area contributed by atoms with E-state index in [0.29, 0.717) is 34.2 Å². The average Bonchev–Trinajstić information content (AvgIpc) is 2.62. The van der Waals surface area contributed by atoms with Crippen molar-refractivity contribution in [2.75, 3.05) is 23.7 Å². The van der Waals surface area contributed by atoms with Crippen LogP contribution >= 0.6 is 11.6 Å². The monoisotopic (exact) mass is 439 g/mol. The number of halogens is 1. The van der Waals surface area contributed by atoms with Gasteiger partial charge < -0.3 is 9.84 Å². The first-order chi connectivity index (χ1) is 13.6. The van der Waals surface area contributed by atoms with Crippen LogP contribution in [0.4, 0.5) is 5.69 Å². The first-order valence-electron chi connectivity index (χ1n) is 8.63. The Morgan fingerprint density at radius 3 is 2.66 bits per heavy atom. The maximum Gasteiger partial charge on any atom is 0.260 e. The van der Waals surface area contributed by atoms with Crippen molar-refractivity contribution in [1.82, 2.24) is 5.43 Å². The zero-order valence-corrected chi connectivity index (χ0v) is 17.8. The summed E-state index contributed by atoms with van der Waals surface area (Å²) in [4.78, 5) is 12.2. The molecule has 0 atom stereocenters. The van der Waals surface area contributed by atoms with E-state index in [9.17, 15) is 18.3 Å². The number of nitrogens with one attached hydrogen (secondary N) is 1. The number of sulfonamides is 1. The van der Waals surface area contributed by atoms with Crippen LogP contribution in [0.25, 0.3) is 0 Å². The number of hydrazone groups is 1. The van der Waals surface area contributed by atoms with Gasteiger partial charge in [0.2, 0.25) is 10.0 Å². The van der Waals surface area contributed by atoms with Crippen molar-refractivity contribution in [3.63, 3.8) is 0 Å². The van der Waals surface area contributed by atoms with Crippen LogP contribution in [0.3, 0.4) is 0 Å². The number of rotatable bonds is 8. The van der Waals surface area contributed by atoms with Gasteiger partial charge in [0.05, 0.1) is 24.8 Å². The Balaban J connectivity index is 2.11. The molecule has 0 saturated heterocycles. The molecule has 2 rings (SSSR count). The summed E-state index contributed by atoms with van der Waals surface area (Å²) < 4.78 is 30.6. The van der Waals surface area contributed by atoms with Crippen LogP contribution in [0.1, 0.15) is 18.1 Å². The second-order valence-corrected chi connectivity index (χ2v) is 8.50. The third-order valence-corrected chi connectivity index (χ3v) is 5.16. The zero-order valence-electron chi connectivity index (χ0n) is 16.2. The van der Waals surface area contributed by atoms with Gasteiger partial charge in [0.25, 0.3) is 5.91 Å². The highest BCUT2D eigenvalue weighted by Crippen LogP contribution is 2.26. The van der Waals surface area contributed by atoms with Crippen molar-refractivity contribution in [1.29, 1.82) is 0 Å². The molecule has 0 saturated carbocycles. The summed E-state index contributed by atoms with van der Waals surface area (Å²) in [6.07, 6.45) is 2.38. The van der Waals surface area contributed by atoms with Crippen LogP contribution < -0.4 is 14.5 Å². The van der Waals surface area contributed by atoms with Crippen molar-refractivity contribution in [3.05, 3.63) is 52.5 Å². The number of aromatic hydroxyl groups is 1. The second kappa shape index (κ2) is 9.62. The minimum Gasteiger partial charge on any atom is -0.504 e. The molecule has 156 valence electrons. The molecule has 0 aliphatic rings. The molecule has 2 aromatic carbocycles. The number of benzene rings is 2. The minimum absolute atomic E-state index is 0.00448. The number of carbonyl (C=O) groups is 1. The van der Waals surface area contributed by atoms with Crippen LogP contribution in [-0.2, 0) is 14.8 Å². The molecule has 2 aromatic rings. The number of hydrogen-bond acceptors (Lipinski definition) is 6. The van der Waals surface area contributed by atoms with Crippen LogP contribution in [0.15, 0.2) is 41.5 Å². The third kappa shape index (κ3) is 6.37. The summed E-state index contributed by atoms with van der Waals surface area (Å²) in [5, 5.41) is 14.0. The van der Waals surface area contributed by atoms with Gasteiger partial charge in [-0.15, -0.1) is 0 Å². The Kier molecular flexibility index (Phi) is 7.46. The lowest BCUT2D eigenvalue weighted by Gasteiger charge is -2.23. The second-order valence-electron chi connectivity index (χ2n) is 6.15. The van der Waals surface area contributed by atoms with Crippen LogP contribution in [0.2, 0.25) is 5.02 Å². The SMILES string of the molecule is CCOc1cc(/C=N\NC(=O)CN(c2ccc(Cl)cc2C)S(C)(=O)=O)ccc1O. The molecule has 0 aromatic heterocycles. The molecule has 10 heteroatoms. The van der Waals surface area contributed by atoms with Gasteiger partial charge in [-0.1, -0.05) is 11.6 Å². The van der Waals surface area contributed by atoms with E-state index >= 15 is 0 Å². The summed E-state index contributed by atoms with van der Waals surface area (Å²) in [6, 6.07) is 9.32. The van der Waals surface area contributed by atoms with Crippen molar-refractivity contribution in [2.45, 2.75) is 13.8 Å². The summed E-state index contributed by atoms with van der Waals surface area (Å²) >= 11 is 5.92. The molecule has 0 bridgehead atoms. The molecular formula is C19H22ClN3O5S. The van der Waals surface area contributed by atoms with E-state index in [4.69, 9.17) is 16.3 Å². The van der Waals surface area contributed by atoms with Gasteiger partial charge in [0, 0.05) is 5.02 Å². The zero-order chi connectivity index (χ0) is 21.6. The van der Waals surface area contributed by atoms with E-state index in [1.807, 2.05) is 0 Å². The fourth-order valence-corrected chi connectivity index (χ4v) is 3.65. The molecule has 8 nitrogen and oxygen atoms in total. The number of phenolic OH excluding ortho intramolecular Hbond substituents is 1. The summed E-state index contributed by atoms with van der Waals surface area (Å²) in [5.41, 5.74) is 3.85. The molecule has 0 aliphatic heterocycles. The summed E-state index contributed by atoms with van der Waals surface area (Å²) in [7, 11) is -3.71. The van der Waals surface area contributed by atoms with E-state index in [-0.39, 0.29) is 5.75 Å². The Labute approximate surface area is 174 Å². The third-order valence-electron chi connectivity index (χ3n) is 3.80. The Morgan fingerprint density at radius 2 is 2.03 bits per heavy atom. The number of phenols is 1. The average molecular weight is 440 g/mol. The van der Waals surface area contributed by atoms with E-state index in [2.05, 4.69) is 10.5 Å². The first kappa shape index (κ1) is 22.5. The fourth-order valence-electron chi connectivity index (χ4n) is 2.51. The molecule has 0 fully saturated rings. The Bertz CT molecular complexity index is 1020. The Hall–Kier alpha value is -2.78. The van der Waals surface area contributed by atoms with Gasteiger partial charge in [-0.2, -0.15) is 5.10 Å². The number of carbonyl (C=O) groups excluding carboxylic acids is 1. The van der Waals surface area contributed by atoms with Crippen molar-refractivity contribution in [3.8, 4) is 11.5 Å². The van der Waals surface area contributed by atoms with E-state index in [0.717, 1.165) is 10.6 Å². The minimum atomic E-state index is -3.71. The number of ether oxygens (including phenoxy) is 1. The number of hydrogen-bond donors (Lipinski definition) is 2. The van der Waals surface area contributed by atoms with Gasteiger partial charge in [0.1, 0.15) is 6.54 Å². The predicted molar refractivity (Wildman–Crippen MR) is 113 cm³/mol. The molecule has 29 heavy (non-hydrogen) atoms. The highest BCUT2D eigenvalue weighted by atomic mass is 35.5. The van der Waals surface area contributed by atoms with E-state index in [1.54, 1.807) is 44.2 Å². The topological polar surface area (TPSA) is 108 Å². The lowest BCUT2D eigenvalue weighted by atomic mass is 10.2. The predicted octanol–water partition coefficient (Wildman–Crippen LogP) is 2.67. The smallest absolute Gasteiger partial charge is 0.260 e. The molecule has 2 N–H and O–H groups in total. The lowest BCUT2D eigenvalue weighted by Crippen LogP contribution is -2.39. The van der Waals surface area contributed by atoms with Gasteiger partial charge in [0.15, 0.2) is 11.5 Å². The van der Waals surface area contributed by atoms with Gasteiger partial charge in [-0.3, -0.25) is 9.10 Å². The summed E-state index contributed by atoms with van der Waals surface area (Å²) in [6.45, 7) is 3.43. The number of nitrogens with zero attached hydrogens (tertiary/aromatic N) is 2. The number of anilines is 1. The molecular weight excluding hydrogens is 418 g/mol. The fraction of sp³-hybridized carbons (Fsp3) is 0.263. The van der Waals surface area contributed by atoms with Crippen LogP contribution in [0, 0.1) is 6.92 Å². The molecule has 0 spiro atoms. The Morgan fingerprint density at radius 1 is 1.31 bits per heavy atom. The molecule has 0 heterocycles. The standard InChI is InChI=1S/C19H22ClN3O5S/c1-4-28-18-10-14(5-8-17(18)24)11-21-22-19(25)12-23(29(3,26)27)16-7-6-15(20)9-13(16)2/h5-11,24H,4,12H2,1-3H3,(H,22,25)/b21-11-. The van der Waals surface area contributed by atoms with E-state index in [1.165, 1.54) is 12.3 Å². The first-order valence-corrected chi connectivity index (χ1v) is 10.9.